The number of ether oxygens (including phenoxy) is 1. The molecule has 4 atom stereocenters. The first kappa shape index (κ1) is 33.6. The molecule has 2 aromatic rings. The van der Waals surface area contributed by atoms with Crippen LogP contribution < -0.4 is 27.3 Å². The predicted octanol–water partition coefficient (Wildman–Crippen LogP) is 1.33. The van der Waals surface area contributed by atoms with Crippen molar-refractivity contribution in [3.05, 3.63) is 63.9 Å². The number of ketones is 2. The van der Waals surface area contributed by atoms with Crippen LogP contribution in [0.25, 0.3) is 16.9 Å². The number of carbonyl (C=O) groups excluding carboxylic acids is 3. The number of amides is 1. The second-order valence-corrected chi connectivity index (χ2v) is 13.3. The minimum atomic E-state index is -2.72. The average Bonchev–Trinajstić information content (AvgIpc) is 2.96. The highest BCUT2D eigenvalue weighted by Gasteiger charge is 2.74. The van der Waals surface area contributed by atoms with E-state index in [1.165, 1.54) is 32.2 Å². The highest BCUT2D eigenvalue weighted by atomic mass is 16.5. The Kier molecular flexibility index (Phi) is 8.23. The number of aromatic hydroxyl groups is 1. The van der Waals surface area contributed by atoms with E-state index >= 15 is 0 Å². The molecular formula is C34H40N6O7. The zero-order chi connectivity index (χ0) is 34.8. The number of nitrogens with two attached hydrogens (primary N) is 3. The number of carbonyl (C=O) groups is 3. The molecule has 2 aromatic carbocycles. The Balaban J connectivity index is 1.78. The molecule has 0 bridgehead atoms. The summed E-state index contributed by atoms with van der Waals surface area (Å²) in [6.45, 7) is 5.57. The molecule has 0 radical (unpaired) electrons. The van der Waals surface area contributed by atoms with Gasteiger partial charge in [0.25, 0.3) is 5.91 Å². The lowest BCUT2D eigenvalue weighted by atomic mass is 9.47. The molecule has 0 saturated heterocycles. The quantitative estimate of drug-likeness (QED) is 0.202. The number of likely N-dealkylation sites (N-methyl/N-ethyl adjacent to an activating group) is 1. The summed E-state index contributed by atoms with van der Waals surface area (Å²) in [5, 5.41) is 48.3. The predicted molar refractivity (Wildman–Crippen MR) is 173 cm³/mol. The lowest BCUT2D eigenvalue weighted by molar-refractivity contribution is -0.139. The molecule has 3 aliphatic carbocycles. The van der Waals surface area contributed by atoms with Crippen LogP contribution in [0.5, 0.6) is 11.5 Å². The zero-order valence-electron chi connectivity index (χ0n) is 27.0. The van der Waals surface area contributed by atoms with Gasteiger partial charge in [0, 0.05) is 12.1 Å². The number of aliphatic hydroxyl groups is 2. The summed E-state index contributed by atoms with van der Waals surface area (Å²) in [6, 6.07) is 8.96. The maximum atomic E-state index is 14.6. The van der Waals surface area contributed by atoms with Gasteiger partial charge in [0.1, 0.15) is 28.6 Å². The van der Waals surface area contributed by atoms with Gasteiger partial charge in [-0.3, -0.25) is 19.3 Å². The van der Waals surface area contributed by atoms with Gasteiger partial charge in [0.05, 0.1) is 41.4 Å². The van der Waals surface area contributed by atoms with E-state index in [0.29, 0.717) is 34.9 Å². The number of phenols is 1. The van der Waals surface area contributed by atoms with Gasteiger partial charge in [0.2, 0.25) is 0 Å². The number of Topliss-reactive ketones (excluding diaryl/α,β-unsaturated/α-hetero) is 2. The number of nitrogens with zero attached hydrogens (tertiary/aromatic N) is 2. The number of benzene rings is 2. The Morgan fingerprint density at radius 3 is 2.40 bits per heavy atom. The van der Waals surface area contributed by atoms with E-state index in [1.54, 1.807) is 12.1 Å². The molecule has 10 N–H and O–H groups in total. The van der Waals surface area contributed by atoms with Crippen LogP contribution in [-0.2, 0) is 27.3 Å². The molecule has 1 amide bonds. The first-order valence-electron chi connectivity index (χ1n) is 15.2. The fraction of sp³-hybridized carbons (Fsp3) is 0.412. The number of primary amides is 1. The van der Waals surface area contributed by atoms with Crippen LogP contribution in [0, 0.1) is 22.7 Å². The molecule has 0 unspecified atom stereocenters. The second-order valence-electron chi connectivity index (χ2n) is 13.3. The topological polar surface area (TPSA) is 238 Å². The molecule has 1 saturated carbocycles. The van der Waals surface area contributed by atoms with Crippen LogP contribution in [0.2, 0.25) is 0 Å². The van der Waals surface area contributed by atoms with Crippen molar-refractivity contribution < 1.29 is 34.4 Å². The zero-order valence-corrected chi connectivity index (χ0v) is 27.0. The summed E-state index contributed by atoms with van der Waals surface area (Å²) in [5.74, 6) is -4.84. The summed E-state index contributed by atoms with van der Waals surface area (Å²) < 4.78 is 5.69. The molecule has 3 aliphatic rings. The van der Waals surface area contributed by atoms with Crippen molar-refractivity contribution >= 4 is 23.2 Å². The molecule has 5 rings (SSSR count). The van der Waals surface area contributed by atoms with Gasteiger partial charge in [-0.15, -0.1) is 0 Å². The van der Waals surface area contributed by atoms with Gasteiger partial charge in [-0.1, -0.05) is 26.0 Å². The first-order chi connectivity index (χ1) is 22.0. The van der Waals surface area contributed by atoms with Gasteiger partial charge in [-0.2, -0.15) is 5.26 Å². The normalized spacial score (nSPS) is 27.0. The molecule has 13 heteroatoms. The Morgan fingerprint density at radius 1 is 1.15 bits per heavy atom. The summed E-state index contributed by atoms with van der Waals surface area (Å²) in [4.78, 5) is 42.0. The van der Waals surface area contributed by atoms with Gasteiger partial charge in [-0.25, -0.2) is 0 Å². The highest BCUT2D eigenvalue weighted by molar-refractivity contribution is 6.25. The van der Waals surface area contributed by atoms with Crippen LogP contribution in [0.15, 0.2) is 47.2 Å². The molecule has 1 fully saturated rings. The lowest BCUT2D eigenvalue weighted by Crippen LogP contribution is -2.80. The fourth-order valence-corrected chi connectivity index (χ4v) is 7.66. The van der Waals surface area contributed by atoms with Crippen molar-refractivity contribution in [1.82, 2.24) is 10.2 Å². The van der Waals surface area contributed by atoms with Crippen molar-refractivity contribution in [2.75, 3.05) is 27.7 Å². The first-order valence-corrected chi connectivity index (χ1v) is 15.2. The maximum absolute atomic E-state index is 14.6. The molecule has 0 heterocycles. The lowest BCUT2D eigenvalue weighted by Gasteiger charge is -2.58. The van der Waals surface area contributed by atoms with Crippen molar-refractivity contribution in [3.8, 4) is 28.7 Å². The van der Waals surface area contributed by atoms with E-state index in [9.17, 15) is 35.0 Å². The summed E-state index contributed by atoms with van der Waals surface area (Å²) >= 11 is 0. The van der Waals surface area contributed by atoms with Gasteiger partial charge in [-0.05, 0) is 74.3 Å². The number of hydrogen-bond acceptors (Lipinski definition) is 12. The molecule has 0 aromatic heterocycles. The third-order valence-electron chi connectivity index (χ3n) is 9.57. The molecule has 0 aliphatic heterocycles. The van der Waals surface area contributed by atoms with Crippen molar-refractivity contribution in [1.29, 1.82) is 5.26 Å². The van der Waals surface area contributed by atoms with Crippen molar-refractivity contribution in [3.63, 3.8) is 0 Å². The van der Waals surface area contributed by atoms with Gasteiger partial charge in [0.15, 0.2) is 17.0 Å². The number of nitrogens with one attached hydrogen (secondary N) is 1. The second kappa shape index (κ2) is 11.5. The number of nitriles is 1. The Bertz CT molecular complexity index is 1830. The Morgan fingerprint density at radius 2 is 1.83 bits per heavy atom. The van der Waals surface area contributed by atoms with E-state index < -0.39 is 69.1 Å². The maximum Gasteiger partial charge on any atom is 0.255 e. The van der Waals surface area contributed by atoms with Crippen LogP contribution in [0.1, 0.15) is 37.0 Å². The largest absolute Gasteiger partial charge is 0.509 e. The van der Waals surface area contributed by atoms with Gasteiger partial charge < -0.3 is 42.6 Å². The molecule has 248 valence electrons. The van der Waals surface area contributed by atoms with Crippen LogP contribution in [0.3, 0.4) is 0 Å². The number of rotatable bonds is 8. The fourth-order valence-electron chi connectivity index (χ4n) is 7.66. The summed E-state index contributed by atoms with van der Waals surface area (Å²) in [5.41, 5.74) is 13.7. The van der Waals surface area contributed by atoms with Crippen molar-refractivity contribution in [2.45, 2.75) is 50.4 Å². The number of hydrogen-bond donors (Lipinski definition) is 7. The molecular weight excluding hydrogens is 604 g/mol. The minimum absolute atomic E-state index is 0.0930. The third kappa shape index (κ3) is 4.71. The molecule has 13 nitrogen and oxygen atoms in total. The number of aliphatic hydroxyl groups excluding tert-OH is 2. The molecule has 0 spiro atoms. The number of fused-ring (bicyclic) bond motifs is 3. The molecule has 47 heavy (non-hydrogen) atoms. The van der Waals surface area contributed by atoms with Crippen LogP contribution in [-0.4, -0.2) is 82.6 Å². The third-order valence-corrected chi connectivity index (χ3v) is 9.57. The van der Waals surface area contributed by atoms with Crippen molar-refractivity contribution in [2.24, 2.45) is 28.5 Å². The number of phenolic OH excluding ortho intramolecular Hbond substituents is 1. The van der Waals surface area contributed by atoms with Gasteiger partial charge >= 0.3 is 0 Å². The summed E-state index contributed by atoms with van der Waals surface area (Å²) in [7, 11) is 4.46. The minimum Gasteiger partial charge on any atom is -0.509 e. The highest BCUT2D eigenvalue weighted by Crippen LogP contribution is 2.59. The van der Waals surface area contributed by atoms with Crippen LogP contribution >= 0.6 is 0 Å². The smallest absolute Gasteiger partial charge is 0.255 e. The Hall–Kier alpha value is -4.74. The van der Waals surface area contributed by atoms with E-state index in [2.05, 4.69) is 19.2 Å². The van der Waals surface area contributed by atoms with E-state index in [-0.39, 0.29) is 17.7 Å². The monoisotopic (exact) mass is 644 g/mol. The Labute approximate surface area is 272 Å². The summed E-state index contributed by atoms with van der Waals surface area (Å²) in [6.07, 6.45) is -0.633. The van der Waals surface area contributed by atoms with Crippen LogP contribution in [0.4, 0.5) is 0 Å². The standard InChI is InChI=1S/C34H40N6O7/c1-16(2)12-39-13-17-6-9-22(47-5)19(10-17)18-7-8-21(41)23-20(18)11-32(37)14-34(38)28(40(3)4)27(43)24(31(36)46)29(44)33(34,15-35)30(45)25(32)26(23)42/h6-10,16,28,39,41-42,44H,11-14,37-38H2,1-5H3,(H2,36,46)/t28-,32-,33+,34-/m1/s1. The number of methoxy groups -OCH3 is 1. The van der Waals surface area contributed by atoms with E-state index in [0.717, 1.165) is 12.1 Å². The average molecular weight is 645 g/mol. The van der Waals surface area contributed by atoms with E-state index in [4.69, 9.17) is 21.9 Å². The van der Waals surface area contributed by atoms with E-state index in [1.807, 2.05) is 18.2 Å². The SMILES string of the molecule is COc1ccc(CNCC(C)C)cc1-c1ccc(O)c2c1C[C@@]1(N)C[C@@]3(N)[C@H](N(C)C)C(=O)C(C(N)=O)=C(O)[C@@]3(C#N)C(=O)C1=C2O.